The normalized spacial score (nSPS) is 16.9. The maximum Gasteiger partial charge on any atom is 0.332 e. The smallest absolute Gasteiger partial charge is 0.332 e. The van der Waals surface area contributed by atoms with Gasteiger partial charge >= 0.3 is 5.97 Å². The Kier molecular flexibility index (Phi) is 7.31. The van der Waals surface area contributed by atoms with Gasteiger partial charge in [-0.05, 0) is 69.7 Å². The topological polar surface area (TPSA) is 114 Å². The van der Waals surface area contributed by atoms with Gasteiger partial charge in [0.1, 0.15) is 24.2 Å². The van der Waals surface area contributed by atoms with Crippen LogP contribution in [0.1, 0.15) is 44.4 Å². The lowest BCUT2D eigenvalue weighted by Crippen LogP contribution is -2.25. The molecule has 0 aliphatic carbocycles. The number of nitro groups is 1. The summed E-state index contributed by atoms with van der Waals surface area (Å²) in [5.41, 5.74) is 4.63. The molecule has 0 bridgehead atoms. The van der Waals surface area contributed by atoms with Crippen molar-refractivity contribution in [3.8, 4) is 5.75 Å². The number of aromatic nitrogens is 1. The third-order valence-corrected chi connectivity index (χ3v) is 6.87. The molecule has 5 rings (SSSR count). The first-order chi connectivity index (χ1) is 19.1. The first kappa shape index (κ1) is 27.3. The summed E-state index contributed by atoms with van der Waals surface area (Å²) in [6.07, 6.45) is -0.163. The van der Waals surface area contributed by atoms with E-state index in [2.05, 4.69) is 9.72 Å². The van der Waals surface area contributed by atoms with Gasteiger partial charge in [0.2, 0.25) is 0 Å². The fourth-order valence-electron chi connectivity index (χ4n) is 5.09. The van der Waals surface area contributed by atoms with E-state index in [1.807, 2.05) is 64.1 Å². The van der Waals surface area contributed by atoms with Crippen LogP contribution in [0.15, 0.2) is 59.8 Å². The zero-order valence-electron chi connectivity index (χ0n) is 23.1. The number of hydrogen-bond acceptors (Lipinski definition) is 8. The molecule has 1 saturated heterocycles. The number of ether oxygens (including phenoxy) is 3. The van der Waals surface area contributed by atoms with E-state index in [1.165, 1.54) is 13.0 Å². The number of oxime groups is 1. The third-order valence-electron chi connectivity index (χ3n) is 6.87. The third kappa shape index (κ3) is 5.41. The number of carbonyl (C=O) groups excluding carboxylic acids is 1. The molecule has 1 aliphatic heterocycles. The first-order valence-corrected chi connectivity index (χ1v) is 13.1. The molecule has 4 aromatic rings. The molecule has 40 heavy (non-hydrogen) atoms. The first-order valence-electron chi connectivity index (χ1n) is 13.1. The lowest BCUT2D eigenvalue weighted by molar-refractivity contribution is -0.384. The Bertz CT molecular complexity index is 1650. The minimum atomic E-state index is -0.620. The van der Waals surface area contributed by atoms with Crippen LogP contribution in [0, 0.1) is 17.0 Å². The van der Waals surface area contributed by atoms with Crippen LogP contribution in [-0.2, 0) is 25.7 Å². The summed E-state index contributed by atoms with van der Waals surface area (Å²) in [7, 11) is 0. The highest BCUT2D eigenvalue weighted by Gasteiger charge is 2.33. The second-order valence-electron chi connectivity index (χ2n) is 10.2. The van der Waals surface area contributed by atoms with Gasteiger partial charge in [0.15, 0.2) is 5.79 Å². The second kappa shape index (κ2) is 10.7. The van der Waals surface area contributed by atoms with Crippen LogP contribution in [0.3, 0.4) is 0 Å². The Morgan fingerprint density at radius 3 is 2.48 bits per heavy atom. The lowest BCUT2D eigenvalue weighted by Gasteiger charge is -2.17. The predicted molar refractivity (Wildman–Crippen MR) is 151 cm³/mol. The molecular weight excluding hydrogens is 514 g/mol. The Labute approximate surface area is 231 Å². The van der Waals surface area contributed by atoms with Crippen LogP contribution in [0.25, 0.3) is 21.8 Å². The van der Waals surface area contributed by atoms with E-state index in [1.54, 1.807) is 12.1 Å². The van der Waals surface area contributed by atoms with Crippen molar-refractivity contribution in [2.45, 2.75) is 53.1 Å². The quantitative estimate of drug-likeness (QED) is 0.118. The molecule has 1 aromatic heterocycles. The number of aryl methyl sites for hydroxylation is 2. The summed E-state index contributed by atoms with van der Waals surface area (Å²) in [6.45, 7) is 10.5. The summed E-state index contributed by atoms with van der Waals surface area (Å²) in [6, 6.07) is 16.3. The highest BCUT2D eigenvalue weighted by atomic mass is 16.7. The average Bonchev–Trinajstić information content (AvgIpc) is 3.43. The molecule has 208 valence electrons. The Morgan fingerprint density at radius 2 is 1.85 bits per heavy atom. The molecule has 0 N–H and O–H groups in total. The molecular formula is C30H31N3O7. The van der Waals surface area contributed by atoms with Crippen molar-refractivity contribution in [1.82, 2.24) is 4.57 Å². The van der Waals surface area contributed by atoms with Gasteiger partial charge in [-0.25, -0.2) is 4.79 Å². The molecule has 0 amide bonds. The molecule has 0 radical (unpaired) electrons. The van der Waals surface area contributed by atoms with Crippen molar-refractivity contribution in [3.63, 3.8) is 0 Å². The molecule has 1 unspecified atom stereocenters. The maximum absolute atomic E-state index is 11.7. The number of rotatable bonds is 8. The number of nitro benzene ring substituents is 1. The summed E-state index contributed by atoms with van der Waals surface area (Å²) in [5.74, 6) is -0.503. The van der Waals surface area contributed by atoms with Crippen molar-refractivity contribution >= 4 is 39.2 Å². The van der Waals surface area contributed by atoms with Gasteiger partial charge in [-0.3, -0.25) is 10.1 Å². The monoisotopic (exact) mass is 545 g/mol. The van der Waals surface area contributed by atoms with E-state index in [0.29, 0.717) is 36.8 Å². The van der Waals surface area contributed by atoms with Crippen molar-refractivity contribution in [3.05, 3.63) is 81.4 Å². The summed E-state index contributed by atoms with van der Waals surface area (Å²) in [4.78, 5) is 27.9. The number of fused-ring (bicyclic) bond motifs is 3. The summed E-state index contributed by atoms with van der Waals surface area (Å²) < 4.78 is 19.5. The van der Waals surface area contributed by atoms with Crippen LogP contribution in [0.4, 0.5) is 5.69 Å². The van der Waals surface area contributed by atoms with Crippen LogP contribution in [0.2, 0.25) is 0 Å². The van der Waals surface area contributed by atoms with E-state index in [9.17, 15) is 14.9 Å². The number of nitrogens with zero attached hydrogens (tertiary/aromatic N) is 3. The fraction of sp³-hybridized carbons (Fsp3) is 0.333. The van der Waals surface area contributed by atoms with Crippen LogP contribution < -0.4 is 4.74 Å². The minimum Gasteiger partial charge on any atom is -0.491 e. The van der Waals surface area contributed by atoms with Gasteiger partial charge in [0.25, 0.3) is 5.69 Å². The van der Waals surface area contributed by atoms with Gasteiger partial charge in [0, 0.05) is 58.5 Å². The molecule has 1 atom stereocenters. The van der Waals surface area contributed by atoms with Crippen LogP contribution in [0.5, 0.6) is 5.75 Å². The van der Waals surface area contributed by atoms with Crippen molar-refractivity contribution < 1.29 is 28.8 Å². The highest BCUT2D eigenvalue weighted by Crippen LogP contribution is 2.33. The van der Waals surface area contributed by atoms with Gasteiger partial charge in [0.05, 0.1) is 11.5 Å². The van der Waals surface area contributed by atoms with Gasteiger partial charge < -0.3 is 23.6 Å². The molecule has 1 fully saturated rings. The molecule has 3 aromatic carbocycles. The standard InChI is InChI=1S/C30H31N3O7/c1-6-32-27-11-7-20(14-25(27)26-15-21(33(35)36)8-12-28(26)32)29(31-40-19(3)34)24-10-9-22(13-18(24)2)37-16-23-17-38-30(4,5)39-23/h7-15,23H,6,16-17H2,1-5H3/b31-29-. The number of non-ortho nitro benzene ring substituents is 1. The van der Waals surface area contributed by atoms with Crippen molar-refractivity contribution in [2.24, 2.45) is 5.16 Å². The van der Waals surface area contributed by atoms with E-state index >= 15 is 0 Å². The molecule has 0 spiro atoms. The Hall–Kier alpha value is -4.28. The predicted octanol–water partition coefficient (Wildman–Crippen LogP) is 5.88. The molecule has 0 saturated carbocycles. The van der Waals surface area contributed by atoms with Crippen LogP contribution in [-0.4, -0.2) is 46.3 Å². The van der Waals surface area contributed by atoms with E-state index in [-0.39, 0.29) is 11.8 Å². The number of hydrogen-bond donors (Lipinski definition) is 0. The van der Waals surface area contributed by atoms with Gasteiger partial charge in [-0.1, -0.05) is 11.2 Å². The van der Waals surface area contributed by atoms with Crippen LogP contribution >= 0.6 is 0 Å². The SMILES string of the molecule is CCn1c2ccc(/C(=N/OC(C)=O)c3ccc(OCC4COC(C)(C)O4)cc3C)cc2c2cc([N+](=O)[O-])ccc21. The van der Waals surface area contributed by atoms with Gasteiger partial charge in [-0.2, -0.15) is 0 Å². The zero-order valence-corrected chi connectivity index (χ0v) is 23.1. The van der Waals surface area contributed by atoms with Gasteiger partial charge in [-0.15, -0.1) is 0 Å². The van der Waals surface area contributed by atoms with E-state index in [4.69, 9.17) is 19.0 Å². The Morgan fingerprint density at radius 1 is 1.12 bits per heavy atom. The number of benzene rings is 3. The maximum atomic E-state index is 11.7. The summed E-state index contributed by atoms with van der Waals surface area (Å²) >= 11 is 0. The molecule has 2 heterocycles. The van der Waals surface area contributed by atoms with Crippen molar-refractivity contribution in [1.29, 1.82) is 0 Å². The second-order valence-corrected chi connectivity index (χ2v) is 10.2. The lowest BCUT2D eigenvalue weighted by atomic mass is 9.96. The fourth-order valence-corrected chi connectivity index (χ4v) is 5.09. The van der Waals surface area contributed by atoms with E-state index in [0.717, 1.165) is 32.9 Å². The average molecular weight is 546 g/mol. The van der Waals surface area contributed by atoms with E-state index < -0.39 is 16.7 Å². The van der Waals surface area contributed by atoms with Crippen molar-refractivity contribution in [2.75, 3.05) is 13.2 Å². The molecule has 10 nitrogen and oxygen atoms in total. The minimum absolute atomic E-state index is 0.0198. The number of carbonyl (C=O) groups is 1. The zero-order chi connectivity index (χ0) is 28.6. The largest absolute Gasteiger partial charge is 0.491 e. The summed E-state index contributed by atoms with van der Waals surface area (Å²) in [5, 5.41) is 17.3. The molecule has 10 heteroatoms. The Balaban J connectivity index is 1.53. The molecule has 1 aliphatic rings. The highest BCUT2D eigenvalue weighted by molar-refractivity contribution is 6.17.